The lowest BCUT2D eigenvalue weighted by atomic mass is 10.0. The molecule has 1 N–H and O–H groups in total. The second-order valence-corrected chi connectivity index (χ2v) is 13.2. The Labute approximate surface area is 273 Å². The molecule has 4 aromatic rings. The first kappa shape index (κ1) is 33.3. The van der Waals surface area contributed by atoms with Crippen LogP contribution in [0.5, 0.6) is 0 Å². The van der Waals surface area contributed by atoms with Gasteiger partial charge in [-0.3, -0.25) is 13.9 Å². The molecule has 0 aromatic heterocycles. The van der Waals surface area contributed by atoms with Crippen LogP contribution in [0.15, 0.2) is 102 Å². The van der Waals surface area contributed by atoms with Crippen molar-refractivity contribution in [3.05, 3.63) is 129 Å². The van der Waals surface area contributed by atoms with Gasteiger partial charge >= 0.3 is 0 Å². The maximum absolute atomic E-state index is 14.4. The van der Waals surface area contributed by atoms with Crippen LogP contribution in [-0.4, -0.2) is 44.3 Å². The first-order chi connectivity index (χ1) is 21.0. The second kappa shape index (κ2) is 14.9. The molecule has 4 rings (SSSR count). The van der Waals surface area contributed by atoms with Crippen molar-refractivity contribution >= 4 is 62.3 Å². The van der Waals surface area contributed by atoms with Gasteiger partial charge in [0.25, 0.3) is 10.0 Å². The van der Waals surface area contributed by atoms with Crippen molar-refractivity contribution in [2.75, 3.05) is 17.4 Å². The Kier molecular flexibility index (Phi) is 11.3. The van der Waals surface area contributed by atoms with E-state index in [1.165, 1.54) is 23.1 Å². The highest BCUT2D eigenvalue weighted by atomic mass is 35.5. The number of carbonyl (C=O) groups excluding carboxylic acids is 2. The van der Waals surface area contributed by atoms with Crippen LogP contribution in [0.4, 0.5) is 5.69 Å². The van der Waals surface area contributed by atoms with Crippen molar-refractivity contribution < 1.29 is 18.0 Å². The normalized spacial score (nSPS) is 11.9. The third-order valence-corrected chi connectivity index (χ3v) is 9.67. The minimum atomic E-state index is -4.27. The van der Waals surface area contributed by atoms with Gasteiger partial charge in [-0.15, -0.1) is 0 Å². The lowest BCUT2D eigenvalue weighted by Gasteiger charge is -2.34. The predicted molar refractivity (Wildman–Crippen MR) is 177 cm³/mol. The summed E-state index contributed by atoms with van der Waals surface area (Å²) < 4.78 is 29.1. The Morgan fingerprint density at radius 1 is 0.841 bits per heavy atom. The molecule has 0 aliphatic rings. The molecule has 230 valence electrons. The Morgan fingerprint density at radius 2 is 1.50 bits per heavy atom. The highest BCUT2D eigenvalue weighted by Gasteiger charge is 2.35. The molecule has 0 radical (unpaired) electrons. The molecule has 0 saturated carbocycles. The maximum atomic E-state index is 14.4. The van der Waals surface area contributed by atoms with E-state index < -0.39 is 28.5 Å². The van der Waals surface area contributed by atoms with Crippen molar-refractivity contribution in [3.8, 4) is 0 Å². The topological polar surface area (TPSA) is 86.8 Å². The first-order valence-corrected chi connectivity index (χ1v) is 16.5. The lowest BCUT2D eigenvalue weighted by molar-refractivity contribution is -0.140. The number of carbonyl (C=O) groups is 2. The van der Waals surface area contributed by atoms with E-state index in [0.717, 1.165) is 15.4 Å². The summed E-state index contributed by atoms with van der Waals surface area (Å²) in [4.78, 5) is 29.3. The molecule has 4 aromatic carbocycles. The van der Waals surface area contributed by atoms with Gasteiger partial charge < -0.3 is 10.2 Å². The molecule has 7 nitrogen and oxygen atoms in total. The molecule has 1 atom stereocenters. The highest BCUT2D eigenvalue weighted by Crippen LogP contribution is 2.31. The van der Waals surface area contributed by atoms with Gasteiger partial charge in [-0.05, 0) is 61.4 Å². The quantitative estimate of drug-likeness (QED) is 0.177. The number of nitrogens with zero attached hydrogens (tertiary/aromatic N) is 2. The number of halogens is 3. The number of likely N-dealkylation sites (N-methyl/N-ethyl adjacent to an activating group) is 1. The second-order valence-electron chi connectivity index (χ2n) is 10.1. The number of para-hydroxylation sites is 1. The number of amides is 2. The minimum absolute atomic E-state index is 0.00678. The molecule has 44 heavy (non-hydrogen) atoms. The van der Waals surface area contributed by atoms with Gasteiger partial charge in [-0.1, -0.05) is 101 Å². The standard InChI is InChI=1S/C33H32Cl3N3O4S/c1-3-37-33(41)31(19-24-9-5-4-6-10-24)38(21-25-15-16-26(34)20-29(25)36)32(40)22-39(30-12-8-7-11-28(30)35)44(42,43)27-17-13-23(2)14-18-27/h4-18,20,31H,3,19,21-22H2,1-2H3,(H,37,41). The monoisotopic (exact) mass is 671 g/mol. The van der Waals surface area contributed by atoms with E-state index in [1.54, 1.807) is 55.5 Å². The molecular formula is C33H32Cl3N3O4S. The van der Waals surface area contributed by atoms with Crippen molar-refractivity contribution in [1.82, 2.24) is 10.2 Å². The molecule has 0 aliphatic heterocycles. The zero-order valence-electron chi connectivity index (χ0n) is 24.2. The fraction of sp³-hybridized carbons (Fsp3) is 0.212. The molecule has 0 aliphatic carbocycles. The van der Waals surface area contributed by atoms with E-state index in [-0.39, 0.29) is 34.5 Å². The Balaban J connectivity index is 1.82. The number of benzene rings is 4. The summed E-state index contributed by atoms with van der Waals surface area (Å²) >= 11 is 19.2. The summed E-state index contributed by atoms with van der Waals surface area (Å²) in [6, 6.07) is 25.9. The van der Waals surface area contributed by atoms with Gasteiger partial charge in [0.15, 0.2) is 0 Å². The number of hydrogen-bond acceptors (Lipinski definition) is 4. The predicted octanol–water partition coefficient (Wildman–Crippen LogP) is 6.93. The molecule has 0 spiro atoms. The van der Waals surface area contributed by atoms with Gasteiger partial charge in [-0.25, -0.2) is 8.42 Å². The van der Waals surface area contributed by atoms with Crippen molar-refractivity contribution in [3.63, 3.8) is 0 Å². The van der Waals surface area contributed by atoms with Gasteiger partial charge in [0.05, 0.1) is 15.6 Å². The van der Waals surface area contributed by atoms with Crippen molar-refractivity contribution in [2.24, 2.45) is 0 Å². The van der Waals surface area contributed by atoms with Gasteiger partial charge in [0.2, 0.25) is 11.8 Å². The van der Waals surface area contributed by atoms with Crippen LogP contribution in [0.25, 0.3) is 0 Å². The van der Waals surface area contributed by atoms with Crippen molar-refractivity contribution in [1.29, 1.82) is 0 Å². The van der Waals surface area contributed by atoms with Crippen LogP contribution in [0.3, 0.4) is 0 Å². The average molecular weight is 673 g/mol. The van der Waals surface area contributed by atoms with Crippen molar-refractivity contribution in [2.45, 2.75) is 37.8 Å². The number of nitrogens with one attached hydrogen (secondary N) is 1. The maximum Gasteiger partial charge on any atom is 0.264 e. The van der Waals surface area contributed by atoms with Crippen LogP contribution < -0.4 is 9.62 Å². The van der Waals surface area contributed by atoms with Gasteiger partial charge in [0, 0.05) is 29.6 Å². The number of rotatable bonds is 12. The Morgan fingerprint density at radius 3 is 2.14 bits per heavy atom. The van der Waals surface area contributed by atoms with E-state index in [0.29, 0.717) is 22.2 Å². The fourth-order valence-electron chi connectivity index (χ4n) is 4.68. The zero-order valence-corrected chi connectivity index (χ0v) is 27.3. The van der Waals surface area contributed by atoms with Crippen LogP contribution >= 0.6 is 34.8 Å². The fourth-order valence-corrected chi connectivity index (χ4v) is 6.87. The third-order valence-electron chi connectivity index (χ3n) is 6.99. The van der Waals surface area contributed by atoms with E-state index in [9.17, 15) is 18.0 Å². The van der Waals surface area contributed by atoms with Gasteiger partial charge in [-0.2, -0.15) is 0 Å². The zero-order chi connectivity index (χ0) is 31.9. The van der Waals surface area contributed by atoms with E-state index in [1.807, 2.05) is 37.3 Å². The molecule has 1 unspecified atom stereocenters. The summed E-state index contributed by atoms with van der Waals surface area (Å²) in [6.07, 6.45) is 0.181. The summed E-state index contributed by atoms with van der Waals surface area (Å²) in [5.41, 5.74) is 2.36. The van der Waals surface area contributed by atoms with E-state index in [2.05, 4.69) is 5.32 Å². The molecule has 0 bridgehead atoms. The summed E-state index contributed by atoms with van der Waals surface area (Å²) in [7, 11) is -4.27. The largest absolute Gasteiger partial charge is 0.355 e. The van der Waals surface area contributed by atoms with Crippen LogP contribution in [-0.2, 0) is 32.6 Å². The Hall–Kier alpha value is -3.56. The SMILES string of the molecule is CCNC(=O)C(Cc1ccccc1)N(Cc1ccc(Cl)cc1Cl)C(=O)CN(c1ccccc1Cl)S(=O)(=O)c1ccc(C)cc1. The average Bonchev–Trinajstić information content (AvgIpc) is 3.00. The number of anilines is 1. The van der Waals surface area contributed by atoms with E-state index >= 15 is 0 Å². The minimum Gasteiger partial charge on any atom is -0.355 e. The summed E-state index contributed by atoms with van der Waals surface area (Å²) in [6.45, 7) is 3.26. The lowest BCUT2D eigenvalue weighted by Crippen LogP contribution is -2.53. The number of sulfonamides is 1. The Bertz CT molecular complexity index is 1720. The molecule has 0 saturated heterocycles. The molecule has 11 heteroatoms. The van der Waals surface area contributed by atoms with Crippen LogP contribution in [0.2, 0.25) is 15.1 Å². The summed E-state index contributed by atoms with van der Waals surface area (Å²) in [5, 5.41) is 3.69. The third kappa shape index (κ3) is 8.12. The molecule has 2 amide bonds. The number of hydrogen-bond donors (Lipinski definition) is 1. The van der Waals surface area contributed by atoms with E-state index in [4.69, 9.17) is 34.8 Å². The van der Waals surface area contributed by atoms with Crippen LogP contribution in [0, 0.1) is 6.92 Å². The highest BCUT2D eigenvalue weighted by molar-refractivity contribution is 7.92. The number of aryl methyl sites for hydroxylation is 1. The molecular weight excluding hydrogens is 641 g/mol. The van der Waals surface area contributed by atoms with Crippen LogP contribution in [0.1, 0.15) is 23.6 Å². The molecule has 0 heterocycles. The molecule has 0 fully saturated rings. The summed E-state index contributed by atoms with van der Waals surface area (Å²) in [5.74, 6) is -1.01. The van der Waals surface area contributed by atoms with Gasteiger partial charge in [0.1, 0.15) is 12.6 Å². The smallest absolute Gasteiger partial charge is 0.264 e. The first-order valence-electron chi connectivity index (χ1n) is 13.9.